The van der Waals surface area contributed by atoms with Crippen molar-refractivity contribution in [1.82, 2.24) is 9.62 Å². The summed E-state index contributed by atoms with van der Waals surface area (Å²) in [6.07, 6.45) is 0.303. The van der Waals surface area contributed by atoms with Gasteiger partial charge < -0.3 is 10.2 Å². The molecule has 3 rings (SSSR count). The second-order valence-corrected chi connectivity index (χ2v) is 10.3. The number of benzene rings is 2. The summed E-state index contributed by atoms with van der Waals surface area (Å²) in [5.74, 6) is -0.684. The van der Waals surface area contributed by atoms with E-state index in [4.69, 9.17) is 11.6 Å². The van der Waals surface area contributed by atoms with Gasteiger partial charge in [0.05, 0.1) is 16.3 Å². The maximum Gasteiger partial charge on any atom is 0.252 e. The van der Waals surface area contributed by atoms with Crippen LogP contribution >= 0.6 is 27.5 Å². The molecule has 0 aromatic heterocycles. The van der Waals surface area contributed by atoms with Crippen molar-refractivity contribution < 1.29 is 17.6 Å². The number of rotatable bonds is 7. The zero-order valence-corrected chi connectivity index (χ0v) is 19.3. The molecule has 1 aliphatic rings. The molecule has 1 amide bonds. The highest BCUT2D eigenvalue weighted by atomic mass is 79.9. The number of halogens is 3. The molecule has 30 heavy (non-hydrogen) atoms. The Morgan fingerprint density at radius 2 is 1.77 bits per heavy atom. The normalized spacial score (nSPS) is 15.2. The lowest BCUT2D eigenvalue weighted by molar-refractivity contribution is 0.0953. The average Bonchev–Trinajstić information content (AvgIpc) is 2.73. The zero-order valence-electron chi connectivity index (χ0n) is 16.2. The van der Waals surface area contributed by atoms with E-state index in [0.29, 0.717) is 43.2 Å². The molecule has 0 aliphatic carbocycles. The van der Waals surface area contributed by atoms with Gasteiger partial charge >= 0.3 is 0 Å². The van der Waals surface area contributed by atoms with Crippen LogP contribution in [-0.2, 0) is 10.0 Å². The highest BCUT2D eigenvalue weighted by Crippen LogP contribution is 2.21. The van der Waals surface area contributed by atoms with Gasteiger partial charge in [0, 0.05) is 42.9 Å². The summed E-state index contributed by atoms with van der Waals surface area (Å²) in [4.78, 5) is 14.3. The topological polar surface area (TPSA) is 69.7 Å². The van der Waals surface area contributed by atoms with Crippen LogP contribution in [0.15, 0.2) is 46.9 Å². The summed E-state index contributed by atoms with van der Waals surface area (Å²) in [5, 5.41) is 3.05. The quantitative estimate of drug-likeness (QED) is 0.570. The third kappa shape index (κ3) is 5.94. The molecule has 1 aliphatic heterocycles. The van der Waals surface area contributed by atoms with Gasteiger partial charge in [0.2, 0.25) is 10.0 Å². The molecule has 1 saturated heterocycles. The number of hydrogen-bond donors (Lipinski definition) is 1. The number of anilines is 1. The molecule has 0 unspecified atom stereocenters. The predicted octanol–water partition coefficient (Wildman–Crippen LogP) is 3.51. The van der Waals surface area contributed by atoms with Crippen molar-refractivity contribution in [2.45, 2.75) is 6.42 Å². The van der Waals surface area contributed by atoms with Gasteiger partial charge in [-0.3, -0.25) is 4.79 Å². The third-order valence-electron chi connectivity index (χ3n) is 4.86. The van der Waals surface area contributed by atoms with Crippen LogP contribution in [0, 0.1) is 5.82 Å². The Balaban J connectivity index is 1.45. The van der Waals surface area contributed by atoms with Crippen LogP contribution in [-0.4, -0.2) is 57.1 Å². The zero-order chi connectivity index (χ0) is 21.7. The molecule has 0 bridgehead atoms. The molecule has 10 heteroatoms. The predicted molar refractivity (Wildman–Crippen MR) is 120 cm³/mol. The maximum atomic E-state index is 13.1. The Hall–Kier alpha value is -1.68. The standard InChI is InChI=1S/C20H22BrClFN3O3S/c21-15-2-7-19(22)18(14-15)20(27)24-8-1-13-30(28,29)26-11-9-25(10-12-26)17-5-3-16(23)4-6-17/h2-7,14H,1,8-13H2,(H,24,27). The van der Waals surface area contributed by atoms with Crippen LogP contribution in [0.1, 0.15) is 16.8 Å². The first-order valence-electron chi connectivity index (χ1n) is 9.48. The maximum absolute atomic E-state index is 13.1. The Labute approximate surface area is 189 Å². The van der Waals surface area contributed by atoms with Crippen LogP contribution in [0.2, 0.25) is 5.02 Å². The van der Waals surface area contributed by atoms with E-state index in [1.807, 2.05) is 4.90 Å². The van der Waals surface area contributed by atoms with Crippen molar-refractivity contribution in [3.63, 3.8) is 0 Å². The van der Waals surface area contributed by atoms with Gasteiger partial charge in [-0.05, 0) is 48.9 Å². The Kier molecular flexibility index (Phi) is 7.73. The van der Waals surface area contributed by atoms with Crippen molar-refractivity contribution in [2.75, 3.05) is 43.4 Å². The van der Waals surface area contributed by atoms with E-state index in [2.05, 4.69) is 21.2 Å². The SMILES string of the molecule is O=C(NCCCS(=O)(=O)N1CCN(c2ccc(F)cc2)CC1)c1cc(Br)ccc1Cl. The summed E-state index contributed by atoms with van der Waals surface area (Å²) in [6, 6.07) is 11.2. The number of carbonyl (C=O) groups excluding carboxylic acids is 1. The van der Waals surface area contributed by atoms with Crippen molar-refractivity contribution in [2.24, 2.45) is 0 Å². The fraction of sp³-hybridized carbons (Fsp3) is 0.350. The van der Waals surface area contributed by atoms with Crippen molar-refractivity contribution in [3.05, 3.63) is 63.3 Å². The monoisotopic (exact) mass is 517 g/mol. The number of piperazine rings is 1. The van der Waals surface area contributed by atoms with Gasteiger partial charge in [-0.15, -0.1) is 0 Å². The molecule has 0 atom stereocenters. The van der Waals surface area contributed by atoms with Crippen LogP contribution in [0.25, 0.3) is 0 Å². The van der Waals surface area contributed by atoms with E-state index in [-0.39, 0.29) is 24.0 Å². The van der Waals surface area contributed by atoms with Gasteiger partial charge in [-0.1, -0.05) is 27.5 Å². The van der Waals surface area contributed by atoms with Crippen LogP contribution in [0.5, 0.6) is 0 Å². The second kappa shape index (κ2) is 10.1. The lowest BCUT2D eigenvalue weighted by Gasteiger charge is -2.35. The molecular weight excluding hydrogens is 497 g/mol. The van der Waals surface area contributed by atoms with Gasteiger partial charge in [0.25, 0.3) is 5.91 Å². The minimum atomic E-state index is -3.41. The Bertz CT molecular complexity index is 997. The number of nitrogens with zero attached hydrogens (tertiary/aromatic N) is 2. The number of sulfonamides is 1. The molecule has 162 valence electrons. The second-order valence-electron chi connectivity index (χ2n) is 6.91. The van der Waals surface area contributed by atoms with Crippen molar-refractivity contribution >= 4 is 49.1 Å². The molecule has 0 saturated carbocycles. The number of carbonyl (C=O) groups is 1. The van der Waals surface area contributed by atoms with Crippen LogP contribution in [0.3, 0.4) is 0 Å². The molecule has 1 fully saturated rings. The first kappa shape index (κ1) is 23.0. The van der Waals surface area contributed by atoms with E-state index in [9.17, 15) is 17.6 Å². The lowest BCUT2D eigenvalue weighted by atomic mass is 10.2. The highest BCUT2D eigenvalue weighted by Gasteiger charge is 2.26. The average molecular weight is 519 g/mol. The molecule has 2 aromatic carbocycles. The summed E-state index contributed by atoms with van der Waals surface area (Å²) in [6.45, 7) is 2.07. The largest absolute Gasteiger partial charge is 0.369 e. The summed E-state index contributed by atoms with van der Waals surface area (Å²) in [5.41, 5.74) is 1.22. The fourth-order valence-electron chi connectivity index (χ4n) is 3.23. The number of amides is 1. The molecule has 0 radical (unpaired) electrons. The van der Waals surface area contributed by atoms with E-state index in [1.54, 1.807) is 30.3 Å². The van der Waals surface area contributed by atoms with E-state index < -0.39 is 10.0 Å². The molecule has 0 spiro atoms. The lowest BCUT2D eigenvalue weighted by Crippen LogP contribution is -2.49. The first-order valence-corrected chi connectivity index (χ1v) is 12.3. The third-order valence-corrected chi connectivity index (χ3v) is 7.64. The summed E-state index contributed by atoms with van der Waals surface area (Å²) >= 11 is 9.33. The minimum absolute atomic E-state index is 0.0456. The summed E-state index contributed by atoms with van der Waals surface area (Å²) in [7, 11) is -3.41. The van der Waals surface area contributed by atoms with Crippen LogP contribution in [0.4, 0.5) is 10.1 Å². The van der Waals surface area contributed by atoms with Gasteiger partial charge in [-0.2, -0.15) is 4.31 Å². The molecule has 1 heterocycles. The van der Waals surface area contributed by atoms with Gasteiger partial charge in [0.1, 0.15) is 5.82 Å². The molecule has 2 aromatic rings. The molecule has 6 nitrogen and oxygen atoms in total. The van der Waals surface area contributed by atoms with Crippen molar-refractivity contribution in [3.8, 4) is 0 Å². The number of nitrogens with one attached hydrogen (secondary N) is 1. The smallest absolute Gasteiger partial charge is 0.252 e. The number of hydrogen-bond acceptors (Lipinski definition) is 4. The molecular formula is C20H22BrClFN3O3S. The van der Waals surface area contributed by atoms with E-state index >= 15 is 0 Å². The minimum Gasteiger partial charge on any atom is -0.369 e. The van der Waals surface area contributed by atoms with Gasteiger partial charge in [0.15, 0.2) is 0 Å². The van der Waals surface area contributed by atoms with Crippen molar-refractivity contribution in [1.29, 1.82) is 0 Å². The van der Waals surface area contributed by atoms with E-state index in [1.165, 1.54) is 16.4 Å². The Morgan fingerprint density at radius 3 is 2.43 bits per heavy atom. The summed E-state index contributed by atoms with van der Waals surface area (Å²) < 4.78 is 40.5. The van der Waals surface area contributed by atoms with Crippen LogP contribution < -0.4 is 10.2 Å². The van der Waals surface area contributed by atoms with Gasteiger partial charge in [-0.25, -0.2) is 12.8 Å². The highest BCUT2D eigenvalue weighted by molar-refractivity contribution is 9.10. The fourth-order valence-corrected chi connectivity index (χ4v) is 5.28. The first-order chi connectivity index (χ1) is 14.3. The Morgan fingerprint density at radius 1 is 1.10 bits per heavy atom. The van der Waals surface area contributed by atoms with E-state index in [0.717, 1.165) is 10.2 Å². The molecule has 1 N–H and O–H groups in total.